The predicted molar refractivity (Wildman–Crippen MR) is 101 cm³/mol. The molecule has 8 heteroatoms. The zero-order valence-electron chi connectivity index (χ0n) is 14.6. The Kier molecular flexibility index (Phi) is 5.23. The molecule has 3 rings (SSSR count). The SMILES string of the molecule is CC(C)c1cc(OC(=O)c2ccc([N+](=O)[O-])cc2)n(-c2ccccc2Cl)n1. The highest BCUT2D eigenvalue weighted by Gasteiger charge is 2.19. The molecule has 138 valence electrons. The lowest BCUT2D eigenvalue weighted by Crippen LogP contribution is -2.12. The molecule has 1 heterocycles. The second-order valence-electron chi connectivity index (χ2n) is 6.12. The number of halogens is 1. The summed E-state index contributed by atoms with van der Waals surface area (Å²) in [6.07, 6.45) is 0. The summed E-state index contributed by atoms with van der Waals surface area (Å²) >= 11 is 6.26. The fourth-order valence-electron chi connectivity index (χ4n) is 2.41. The third kappa shape index (κ3) is 3.98. The van der Waals surface area contributed by atoms with Crippen LogP contribution in [0.5, 0.6) is 5.88 Å². The summed E-state index contributed by atoms with van der Waals surface area (Å²) < 4.78 is 6.98. The van der Waals surface area contributed by atoms with Gasteiger partial charge in [0.05, 0.1) is 26.9 Å². The number of carbonyl (C=O) groups excluding carboxylic acids is 1. The Morgan fingerprint density at radius 1 is 1.19 bits per heavy atom. The molecule has 0 fully saturated rings. The second kappa shape index (κ2) is 7.59. The van der Waals surface area contributed by atoms with Crippen LogP contribution in [0.15, 0.2) is 54.6 Å². The van der Waals surface area contributed by atoms with Crippen LogP contribution in [0.1, 0.15) is 35.8 Å². The number of benzene rings is 2. The first kappa shape index (κ1) is 18.6. The molecule has 0 bridgehead atoms. The average molecular weight is 386 g/mol. The minimum Gasteiger partial charge on any atom is -0.404 e. The molecule has 7 nitrogen and oxygen atoms in total. The van der Waals surface area contributed by atoms with Crippen molar-refractivity contribution in [1.29, 1.82) is 0 Å². The van der Waals surface area contributed by atoms with Gasteiger partial charge in [-0.15, -0.1) is 0 Å². The predicted octanol–water partition coefficient (Wildman–Crippen LogP) is 4.78. The number of hydrogen-bond acceptors (Lipinski definition) is 5. The van der Waals surface area contributed by atoms with E-state index in [1.54, 1.807) is 30.3 Å². The van der Waals surface area contributed by atoms with E-state index in [1.807, 2.05) is 13.8 Å². The van der Waals surface area contributed by atoms with Crippen LogP contribution in [0.25, 0.3) is 5.69 Å². The number of non-ortho nitro benzene ring substituents is 1. The van der Waals surface area contributed by atoms with Crippen LogP contribution in [0.4, 0.5) is 5.69 Å². The Labute approximate surface area is 160 Å². The number of carbonyl (C=O) groups is 1. The van der Waals surface area contributed by atoms with E-state index >= 15 is 0 Å². The Hall–Kier alpha value is -3.19. The van der Waals surface area contributed by atoms with E-state index in [-0.39, 0.29) is 23.0 Å². The van der Waals surface area contributed by atoms with Crippen molar-refractivity contribution in [3.63, 3.8) is 0 Å². The zero-order chi connectivity index (χ0) is 19.6. The third-order valence-electron chi connectivity index (χ3n) is 3.88. The standard InChI is InChI=1S/C19H16ClN3O4/c1-12(2)16-11-18(22(21-16)17-6-4-3-5-15(17)20)27-19(24)13-7-9-14(10-8-13)23(25)26/h3-12H,1-2H3. The molecule has 27 heavy (non-hydrogen) atoms. The molecule has 0 aliphatic rings. The normalized spacial score (nSPS) is 10.8. The van der Waals surface area contributed by atoms with Crippen molar-refractivity contribution in [2.45, 2.75) is 19.8 Å². The van der Waals surface area contributed by atoms with E-state index in [2.05, 4.69) is 5.10 Å². The number of nitro groups is 1. The van der Waals surface area contributed by atoms with Crippen molar-refractivity contribution < 1.29 is 14.5 Å². The van der Waals surface area contributed by atoms with Gasteiger partial charge in [0.1, 0.15) is 0 Å². The summed E-state index contributed by atoms with van der Waals surface area (Å²) in [7, 11) is 0. The molecule has 2 aromatic carbocycles. The van der Waals surface area contributed by atoms with Crippen molar-refractivity contribution in [3.05, 3.63) is 81.0 Å². The molecule has 0 spiro atoms. The molecular weight excluding hydrogens is 370 g/mol. The van der Waals surface area contributed by atoms with Gasteiger partial charge in [0.25, 0.3) is 5.69 Å². The summed E-state index contributed by atoms with van der Waals surface area (Å²) in [5.74, 6) is -0.311. The lowest BCUT2D eigenvalue weighted by Gasteiger charge is -2.09. The fraction of sp³-hybridized carbons (Fsp3) is 0.158. The summed E-state index contributed by atoms with van der Waals surface area (Å²) in [5, 5.41) is 15.7. The third-order valence-corrected chi connectivity index (χ3v) is 4.20. The average Bonchev–Trinajstić information content (AvgIpc) is 3.06. The molecule has 0 atom stereocenters. The molecule has 0 unspecified atom stereocenters. The summed E-state index contributed by atoms with van der Waals surface area (Å²) in [6.45, 7) is 3.95. The minimum absolute atomic E-state index is 0.102. The van der Waals surface area contributed by atoms with Crippen LogP contribution in [0, 0.1) is 10.1 Å². The Morgan fingerprint density at radius 3 is 2.44 bits per heavy atom. The number of esters is 1. The van der Waals surface area contributed by atoms with Crippen molar-refractivity contribution >= 4 is 23.3 Å². The van der Waals surface area contributed by atoms with E-state index < -0.39 is 10.9 Å². The van der Waals surface area contributed by atoms with E-state index in [1.165, 1.54) is 28.9 Å². The molecule has 0 saturated carbocycles. The number of ether oxygens (including phenoxy) is 1. The van der Waals surface area contributed by atoms with Gasteiger partial charge < -0.3 is 4.74 Å². The van der Waals surface area contributed by atoms with Crippen LogP contribution in [-0.2, 0) is 0 Å². The molecular formula is C19H16ClN3O4. The molecule has 0 amide bonds. The molecule has 0 aliphatic heterocycles. The van der Waals surface area contributed by atoms with Crippen molar-refractivity contribution in [3.8, 4) is 11.6 Å². The van der Waals surface area contributed by atoms with Crippen LogP contribution in [-0.4, -0.2) is 20.7 Å². The van der Waals surface area contributed by atoms with Gasteiger partial charge in [-0.1, -0.05) is 37.6 Å². The first-order valence-electron chi connectivity index (χ1n) is 8.18. The van der Waals surface area contributed by atoms with E-state index in [0.29, 0.717) is 10.7 Å². The highest BCUT2D eigenvalue weighted by atomic mass is 35.5. The second-order valence-corrected chi connectivity index (χ2v) is 6.53. The van der Waals surface area contributed by atoms with Gasteiger partial charge in [-0.3, -0.25) is 10.1 Å². The highest BCUT2D eigenvalue weighted by Crippen LogP contribution is 2.28. The lowest BCUT2D eigenvalue weighted by molar-refractivity contribution is -0.384. The Balaban J connectivity index is 1.95. The maximum Gasteiger partial charge on any atom is 0.344 e. The van der Waals surface area contributed by atoms with Crippen molar-refractivity contribution in [1.82, 2.24) is 9.78 Å². The number of rotatable bonds is 5. The van der Waals surface area contributed by atoms with E-state index in [4.69, 9.17) is 16.3 Å². The lowest BCUT2D eigenvalue weighted by atomic mass is 10.1. The van der Waals surface area contributed by atoms with Crippen LogP contribution < -0.4 is 4.74 Å². The van der Waals surface area contributed by atoms with Crippen molar-refractivity contribution in [2.75, 3.05) is 0 Å². The topological polar surface area (TPSA) is 87.3 Å². The number of para-hydroxylation sites is 1. The number of aromatic nitrogens is 2. The molecule has 3 aromatic rings. The van der Waals surface area contributed by atoms with Crippen LogP contribution in [0.3, 0.4) is 0 Å². The monoisotopic (exact) mass is 385 g/mol. The first-order valence-corrected chi connectivity index (χ1v) is 8.56. The maximum absolute atomic E-state index is 12.5. The van der Waals surface area contributed by atoms with Gasteiger partial charge in [0, 0.05) is 18.2 Å². The Morgan fingerprint density at radius 2 is 1.85 bits per heavy atom. The minimum atomic E-state index is -0.645. The van der Waals surface area contributed by atoms with Gasteiger partial charge in [-0.25, -0.2) is 4.79 Å². The van der Waals surface area contributed by atoms with Crippen molar-refractivity contribution in [2.24, 2.45) is 0 Å². The van der Waals surface area contributed by atoms with E-state index in [9.17, 15) is 14.9 Å². The Bertz CT molecular complexity index is 996. The van der Waals surface area contributed by atoms with Gasteiger partial charge in [0.15, 0.2) is 0 Å². The number of nitro benzene ring substituents is 1. The summed E-state index contributed by atoms with van der Waals surface area (Å²) in [4.78, 5) is 22.7. The van der Waals surface area contributed by atoms with Gasteiger partial charge in [-0.05, 0) is 30.2 Å². The molecule has 0 radical (unpaired) electrons. The largest absolute Gasteiger partial charge is 0.404 e. The molecule has 0 saturated heterocycles. The first-order chi connectivity index (χ1) is 12.9. The van der Waals surface area contributed by atoms with Crippen LogP contribution >= 0.6 is 11.6 Å². The highest BCUT2D eigenvalue weighted by molar-refractivity contribution is 6.32. The number of hydrogen-bond donors (Lipinski definition) is 0. The zero-order valence-corrected chi connectivity index (χ0v) is 15.4. The van der Waals surface area contributed by atoms with E-state index in [0.717, 1.165) is 5.69 Å². The number of nitrogens with zero attached hydrogens (tertiary/aromatic N) is 3. The molecule has 1 aromatic heterocycles. The fourth-order valence-corrected chi connectivity index (χ4v) is 2.62. The summed E-state index contributed by atoms with van der Waals surface area (Å²) in [6, 6.07) is 14.0. The van der Waals surface area contributed by atoms with Gasteiger partial charge in [0.2, 0.25) is 5.88 Å². The van der Waals surface area contributed by atoms with Crippen LogP contribution in [0.2, 0.25) is 5.02 Å². The molecule has 0 aliphatic carbocycles. The molecule has 0 N–H and O–H groups in total. The van der Waals surface area contributed by atoms with Gasteiger partial charge >= 0.3 is 5.97 Å². The quantitative estimate of drug-likeness (QED) is 0.358. The maximum atomic E-state index is 12.5. The van der Waals surface area contributed by atoms with Gasteiger partial charge in [-0.2, -0.15) is 9.78 Å². The summed E-state index contributed by atoms with van der Waals surface area (Å²) in [5.41, 5.74) is 1.41. The smallest absolute Gasteiger partial charge is 0.344 e.